The van der Waals surface area contributed by atoms with E-state index in [9.17, 15) is 25.3 Å². The molecule has 0 bridgehead atoms. The molecule has 9 nitrogen and oxygen atoms in total. The first-order chi connectivity index (χ1) is 26.9. The molecule has 0 fully saturated rings. The average molecular weight is 859 g/mol. The highest BCUT2D eigenvalue weighted by atomic mass is 32.2. The van der Waals surface area contributed by atoms with Gasteiger partial charge in [-0.25, -0.2) is 0 Å². The van der Waals surface area contributed by atoms with Crippen molar-refractivity contribution in [3.63, 3.8) is 0 Å². The van der Waals surface area contributed by atoms with Gasteiger partial charge in [0, 0.05) is 16.7 Å². The van der Waals surface area contributed by atoms with Crippen LogP contribution in [0.15, 0.2) is 87.5 Å². The molecule has 13 heteroatoms. The third-order valence-corrected chi connectivity index (χ3v) is 18.5. The van der Waals surface area contributed by atoms with Crippen LogP contribution in [0.2, 0.25) is 0 Å². The van der Waals surface area contributed by atoms with Crippen molar-refractivity contribution in [1.29, 1.82) is 0 Å². The van der Waals surface area contributed by atoms with Gasteiger partial charge >= 0.3 is 15.1 Å². The van der Waals surface area contributed by atoms with Crippen molar-refractivity contribution in [2.45, 2.75) is 116 Å². The van der Waals surface area contributed by atoms with Gasteiger partial charge in [0.15, 0.2) is 0 Å². The summed E-state index contributed by atoms with van der Waals surface area (Å²) in [7, 11) is -14.8. The van der Waals surface area contributed by atoms with Crippen molar-refractivity contribution in [1.82, 2.24) is 0 Å². The zero-order valence-electron chi connectivity index (χ0n) is 35.1. The second-order valence-corrected chi connectivity index (χ2v) is 23.3. The lowest BCUT2D eigenvalue weighted by atomic mass is 10.0. The maximum absolute atomic E-state index is 14.5. The topological polar surface area (TPSA) is 130 Å². The summed E-state index contributed by atoms with van der Waals surface area (Å²) in [6, 6.07) is 21.3. The Morgan fingerprint density at radius 1 is 0.379 bits per heavy atom. The van der Waals surface area contributed by atoms with Crippen molar-refractivity contribution in [2.75, 3.05) is 0 Å². The normalized spacial score (nSPS) is 12.9. The molecular formula is C45H51AlO9S3. The fraction of sp³-hybridized carbons (Fsp3) is 0.333. The van der Waals surface area contributed by atoms with Gasteiger partial charge in [-0.05, 0) is 144 Å². The van der Waals surface area contributed by atoms with E-state index in [4.69, 9.17) is 9.70 Å². The zero-order chi connectivity index (χ0) is 42.8. The minimum Gasteiger partial charge on any atom is -0.338 e. The van der Waals surface area contributed by atoms with Gasteiger partial charge in [-0.15, -0.1) is 0 Å². The van der Waals surface area contributed by atoms with Crippen molar-refractivity contribution in [3.8, 4) is 33.4 Å². The summed E-state index contributed by atoms with van der Waals surface area (Å²) in [5.41, 5.74) is 9.86. The van der Waals surface area contributed by atoms with Gasteiger partial charge < -0.3 is 9.70 Å². The number of aryl methyl sites for hydroxylation is 6. The molecule has 0 unspecified atom stereocenters. The van der Waals surface area contributed by atoms with Crippen LogP contribution < -0.4 is 0 Å². The van der Waals surface area contributed by atoms with Crippen molar-refractivity contribution < 1.29 is 35.0 Å². The fourth-order valence-electron chi connectivity index (χ4n) is 7.55. The van der Waals surface area contributed by atoms with E-state index < -0.39 is 45.5 Å². The Morgan fingerprint density at radius 3 is 0.845 bits per heavy atom. The molecule has 0 aromatic heterocycles. The van der Waals surface area contributed by atoms with E-state index in [1.807, 2.05) is 96.1 Å². The van der Waals surface area contributed by atoms with Gasteiger partial charge in [0.05, 0.1) is 14.7 Å². The summed E-state index contributed by atoms with van der Waals surface area (Å²) < 4.78 is 104. The van der Waals surface area contributed by atoms with Crippen LogP contribution in [0, 0.1) is 41.5 Å². The number of rotatable bonds is 12. The second-order valence-electron chi connectivity index (χ2n) is 16.3. The molecule has 6 aliphatic rings. The molecule has 0 atom stereocenters. The lowest BCUT2D eigenvalue weighted by Gasteiger charge is -2.16. The van der Waals surface area contributed by atoms with E-state index in [-0.39, 0.29) is 32.4 Å². The number of hydrogen-bond acceptors (Lipinski definition) is 9. The number of fused-ring (bicyclic) bond motifs is 3. The highest BCUT2D eigenvalue weighted by Gasteiger charge is 2.49. The van der Waals surface area contributed by atoms with Crippen LogP contribution in [0.1, 0.15) is 109 Å². The Balaban J connectivity index is 1.50. The summed E-state index contributed by atoms with van der Waals surface area (Å²) >= 11 is -4.78. The van der Waals surface area contributed by atoms with Crippen molar-refractivity contribution in [3.05, 3.63) is 123 Å². The molecule has 0 saturated heterocycles. The highest BCUT2D eigenvalue weighted by molar-refractivity contribution is 7.90. The van der Waals surface area contributed by atoms with Crippen LogP contribution in [-0.2, 0) is 40.1 Å². The van der Waals surface area contributed by atoms with Crippen molar-refractivity contribution >= 4 is 45.5 Å². The molecule has 0 heterocycles. The van der Waals surface area contributed by atoms with E-state index >= 15 is 0 Å². The van der Waals surface area contributed by atoms with Crippen molar-refractivity contribution in [2.24, 2.45) is 0 Å². The van der Waals surface area contributed by atoms with Gasteiger partial charge in [0.2, 0.25) is 0 Å². The van der Waals surface area contributed by atoms with Crippen LogP contribution in [-0.4, -0.2) is 40.4 Å². The molecule has 0 N–H and O–H groups in total. The first-order valence-corrected chi connectivity index (χ1v) is 25.0. The first kappa shape index (κ1) is 43.9. The summed E-state index contributed by atoms with van der Waals surface area (Å²) in [5, 5.41) is 0. The summed E-state index contributed by atoms with van der Waals surface area (Å²) in [6.07, 6.45) is 0. The Morgan fingerprint density at radius 2 is 0.621 bits per heavy atom. The second kappa shape index (κ2) is 16.1. The first-order valence-electron chi connectivity index (χ1n) is 19.3. The predicted molar refractivity (Wildman–Crippen MR) is 230 cm³/mol. The molecule has 58 heavy (non-hydrogen) atoms. The SMILES string of the molecule is Cc1cc(S(=O)(=O)[O][Al]([O]S(=O)(=O)c2cc(C)c3cc(C(C)C)ccc(C)c2-3)[O]S(=O)(=O)c2cc(C)c3cc(C(C)C)ccc(C)c2-3)c2c(C)ccc(C(C)C)cc1-2. The predicted octanol–water partition coefficient (Wildman–Crippen LogP) is 10.7. The molecule has 0 saturated carbocycles. The van der Waals surface area contributed by atoms with Gasteiger partial charge in [-0.1, -0.05) is 96.1 Å². The molecule has 0 aromatic carbocycles. The van der Waals surface area contributed by atoms with E-state index in [0.717, 1.165) is 16.7 Å². The standard InChI is InChI=1S/3C15H18O3S.Al/c3*1-9(2)12-6-5-10(3)15-13(8-12)11(4)7-14(15)19(16,17)18;/h3*5-9H,1-4H3,(H,16,17,18);/q;;;+3/p-3. The summed E-state index contributed by atoms with van der Waals surface area (Å²) in [5.74, 6) is 0.436. The van der Waals surface area contributed by atoms with Gasteiger partial charge in [-0.3, -0.25) is 0 Å². The van der Waals surface area contributed by atoms with E-state index in [1.54, 1.807) is 41.5 Å². The molecular weight excluding hydrogens is 808 g/mol. The maximum Gasteiger partial charge on any atom is 0.952 e. The van der Waals surface area contributed by atoms with Gasteiger partial charge in [0.25, 0.3) is 30.4 Å². The van der Waals surface area contributed by atoms with Crippen LogP contribution in [0.25, 0.3) is 33.4 Å². The molecule has 6 rings (SSSR count). The minimum atomic E-state index is -4.92. The van der Waals surface area contributed by atoms with Crippen LogP contribution >= 0.6 is 0 Å². The minimum absolute atomic E-state index is 0.145. The third kappa shape index (κ3) is 8.38. The smallest absolute Gasteiger partial charge is 0.338 e. The number of hydrogen-bond donors (Lipinski definition) is 0. The molecule has 0 spiro atoms. The van der Waals surface area contributed by atoms with E-state index in [1.165, 1.54) is 18.2 Å². The molecule has 0 aliphatic heterocycles. The Kier molecular flexibility index (Phi) is 12.2. The Hall–Kier alpha value is -3.64. The quantitative estimate of drug-likeness (QED) is 0.110. The van der Waals surface area contributed by atoms with Crippen LogP contribution in [0.3, 0.4) is 0 Å². The van der Waals surface area contributed by atoms with Gasteiger partial charge in [0.1, 0.15) is 0 Å². The zero-order valence-corrected chi connectivity index (χ0v) is 38.7. The largest absolute Gasteiger partial charge is 0.952 e. The van der Waals surface area contributed by atoms with Crippen LogP contribution in [0.4, 0.5) is 0 Å². The molecule has 0 radical (unpaired) electrons. The van der Waals surface area contributed by atoms with Crippen LogP contribution in [0.5, 0.6) is 0 Å². The Labute approximate surface area is 350 Å². The average Bonchev–Trinajstić information content (AvgIpc) is 3.59. The molecule has 306 valence electrons. The summed E-state index contributed by atoms with van der Waals surface area (Å²) in [4.78, 5) is -0.749. The lowest BCUT2D eigenvalue weighted by Crippen LogP contribution is -2.35. The maximum atomic E-state index is 14.5. The Bertz CT molecular complexity index is 2500. The van der Waals surface area contributed by atoms with E-state index in [0.29, 0.717) is 66.8 Å². The monoisotopic (exact) mass is 858 g/mol. The molecule has 0 aromatic rings. The third-order valence-electron chi connectivity index (χ3n) is 11.0. The fourth-order valence-corrected chi connectivity index (χ4v) is 15.1. The highest BCUT2D eigenvalue weighted by Crippen LogP contribution is 2.43. The summed E-state index contributed by atoms with van der Waals surface area (Å²) in [6.45, 7) is 22.8. The van der Waals surface area contributed by atoms with Gasteiger partial charge in [-0.2, -0.15) is 25.3 Å². The molecule has 0 amide bonds. The lowest BCUT2D eigenvalue weighted by molar-refractivity contribution is 0.312. The molecule has 6 aliphatic carbocycles. The van der Waals surface area contributed by atoms with E-state index in [2.05, 4.69) is 0 Å².